The second-order valence-electron chi connectivity index (χ2n) is 6.60. The number of ether oxygens (including phenoxy) is 1. The van der Waals surface area contributed by atoms with Gasteiger partial charge in [-0.2, -0.15) is 0 Å². The average molecular weight is 301 g/mol. The molecule has 1 saturated carbocycles. The van der Waals surface area contributed by atoms with E-state index in [1.165, 1.54) is 31.2 Å². The molecule has 1 aromatic carbocycles. The van der Waals surface area contributed by atoms with Gasteiger partial charge in [0.15, 0.2) is 0 Å². The van der Waals surface area contributed by atoms with Crippen molar-refractivity contribution in [2.75, 3.05) is 13.2 Å². The van der Waals surface area contributed by atoms with E-state index in [0.29, 0.717) is 18.4 Å². The summed E-state index contributed by atoms with van der Waals surface area (Å²) < 4.78 is 5.51. The Kier molecular flexibility index (Phi) is 5.01. The van der Waals surface area contributed by atoms with E-state index in [2.05, 4.69) is 17.0 Å². The van der Waals surface area contributed by atoms with Crippen molar-refractivity contribution in [2.24, 2.45) is 5.92 Å². The van der Waals surface area contributed by atoms with Crippen LogP contribution in [0.3, 0.4) is 0 Å². The molecule has 1 unspecified atom stereocenters. The summed E-state index contributed by atoms with van der Waals surface area (Å²) in [7, 11) is 0. The van der Waals surface area contributed by atoms with Gasteiger partial charge >= 0.3 is 0 Å². The smallest absolute Gasteiger partial charge is 0.223 e. The van der Waals surface area contributed by atoms with Crippen molar-refractivity contribution in [1.29, 1.82) is 0 Å². The second-order valence-corrected chi connectivity index (χ2v) is 6.60. The molecule has 1 saturated heterocycles. The number of carbonyl (C=O) groups excluding carboxylic acids is 1. The Balaban J connectivity index is 1.65. The zero-order valence-electron chi connectivity index (χ0n) is 13.6. The highest BCUT2D eigenvalue weighted by molar-refractivity contribution is 5.77. The van der Waals surface area contributed by atoms with Crippen molar-refractivity contribution in [3.63, 3.8) is 0 Å². The molecule has 1 heterocycles. The summed E-state index contributed by atoms with van der Waals surface area (Å²) in [5, 5.41) is 0. The van der Waals surface area contributed by atoms with Gasteiger partial charge in [-0.05, 0) is 56.2 Å². The first-order valence-corrected chi connectivity index (χ1v) is 8.80. The summed E-state index contributed by atoms with van der Waals surface area (Å²) in [5.41, 5.74) is 1.25. The van der Waals surface area contributed by atoms with Crippen LogP contribution in [0.5, 0.6) is 5.75 Å². The standard InChI is InChI=1S/C19H27NO2/c1-2-22-17-11-9-16(10-12-17)18-8-5-13-20(18)19(21)14-15-6-3-4-7-15/h9-12,15,18H,2-8,13-14H2,1H3. The molecule has 0 bridgehead atoms. The fourth-order valence-corrected chi connectivity index (χ4v) is 3.94. The van der Waals surface area contributed by atoms with Gasteiger partial charge in [-0.3, -0.25) is 4.79 Å². The van der Waals surface area contributed by atoms with Gasteiger partial charge < -0.3 is 9.64 Å². The van der Waals surface area contributed by atoms with Crippen LogP contribution in [-0.2, 0) is 4.79 Å². The monoisotopic (exact) mass is 301 g/mol. The Bertz CT molecular complexity index is 491. The average Bonchev–Trinajstić information content (AvgIpc) is 3.19. The zero-order chi connectivity index (χ0) is 15.4. The van der Waals surface area contributed by atoms with Crippen molar-refractivity contribution in [2.45, 2.75) is 57.9 Å². The van der Waals surface area contributed by atoms with E-state index in [1.807, 2.05) is 19.1 Å². The minimum Gasteiger partial charge on any atom is -0.494 e. The van der Waals surface area contributed by atoms with E-state index in [-0.39, 0.29) is 6.04 Å². The number of carbonyl (C=O) groups is 1. The molecule has 0 N–H and O–H groups in total. The highest BCUT2D eigenvalue weighted by Gasteiger charge is 2.31. The van der Waals surface area contributed by atoms with E-state index in [0.717, 1.165) is 31.6 Å². The first kappa shape index (κ1) is 15.4. The Morgan fingerprint density at radius 3 is 2.55 bits per heavy atom. The lowest BCUT2D eigenvalue weighted by Crippen LogP contribution is -2.31. The summed E-state index contributed by atoms with van der Waals surface area (Å²) in [4.78, 5) is 14.8. The highest BCUT2D eigenvalue weighted by atomic mass is 16.5. The molecule has 3 nitrogen and oxygen atoms in total. The van der Waals surface area contributed by atoms with Crippen molar-refractivity contribution < 1.29 is 9.53 Å². The van der Waals surface area contributed by atoms with E-state index >= 15 is 0 Å². The van der Waals surface area contributed by atoms with E-state index in [9.17, 15) is 4.79 Å². The van der Waals surface area contributed by atoms with Crippen molar-refractivity contribution in [3.8, 4) is 5.75 Å². The molecule has 0 spiro atoms. The molecule has 1 aromatic rings. The molecule has 0 radical (unpaired) electrons. The predicted molar refractivity (Wildman–Crippen MR) is 87.9 cm³/mol. The lowest BCUT2D eigenvalue weighted by atomic mass is 10.0. The SMILES string of the molecule is CCOc1ccc(C2CCCN2C(=O)CC2CCCC2)cc1. The summed E-state index contributed by atoms with van der Waals surface area (Å²) >= 11 is 0. The van der Waals surface area contributed by atoms with Crippen LogP contribution in [0.1, 0.15) is 63.5 Å². The number of amides is 1. The molecule has 2 aliphatic rings. The van der Waals surface area contributed by atoms with Crippen LogP contribution in [0.4, 0.5) is 0 Å². The summed E-state index contributed by atoms with van der Waals surface area (Å²) in [5.74, 6) is 1.91. The molecule has 0 aromatic heterocycles. The van der Waals surface area contributed by atoms with E-state index in [1.54, 1.807) is 0 Å². The number of hydrogen-bond acceptors (Lipinski definition) is 2. The maximum Gasteiger partial charge on any atom is 0.223 e. The van der Waals surface area contributed by atoms with Crippen LogP contribution < -0.4 is 4.74 Å². The molecule has 22 heavy (non-hydrogen) atoms. The fraction of sp³-hybridized carbons (Fsp3) is 0.632. The molecule has 3 heteroatoms. The van der Waals surface area contributed by atoms with E-state index < -0.39 is 0 Å². The van der Waals surface area contributed by atoms with Gasteiger partial charge in [0, 0.05) is 13.0 Å². The zero-order valence-corrected chi connectivity index (χ0v) is 13.6. The third-order valence-electron chi connectivity index (χ3n) is 5.09. The van der Waals surface area contributed by atoms with Crippen molar-refractivity contribution in [1.82, 2.24) is 4.90 Å². The molecule has 3 rings (SSSR count). The summed E-state index contributed by atoms with van der Waals surface area (Å²) in [6.07, 6.45) is 8.06. The Morgan fingerprint density at radius 2 is 1.86 bits per heavy atom. The maximum absolute atomic E-state index is 12.7. The van der Waals surface area contributed by atoms with Gasteiger partial charge in [-0.25, -0.2) is 0 Å². The predicted octanol–water partition coefficient (Wildman–Crippen LogP) is 4.33. The van der Waals surface area contributed by atoms with Crippen molar-refractivity contribution >= 4 is 5.91 Å². The minimum absolute atomic E-state index is 0.268. The third kappa shape index (κ3) is 3.45. The Labute approximate surface area is 133 Å². The molecular formula is C19H27NO2. The van der Waals surface area contributed by atoms with Gasteiger partial charge in [0.25, 0.3) is 0 Å². The molecule has 1 aliphatic carbocycles. The molecule has 1 amide bonds. The van der Waals surface area contributed by atoms with E-state index in [4.69, 9.17) is 4.74 Å². The molecule has 120 valence electrons. The minimum atomic E-state index is 0.268. The first-order chi connectivity index (χ1) is 10.8. The lowest BCUT2D eigenvalue weighted by Gasteiger charge is -2.26. The van der Waals surface area contributed by atoms with Crippen LogP contribution in [0.25, 0.3) is 0 Å². The second kappa shape index (κ2) is 7.17. The van der Waals surface area contributed by atoms with Gasteiger partial charge in [-0.15, -0.1) is 0 Å². The van der Waals surface area contributed by atoms with Gasteiger partial charge in [0.1, 0.15) is 5.75 Å². The van der Waals surface area contributed by atoms with Crippen LogP contribution in [0, 0.1) is 5.92 Å². The topological polar surface area (TPSA) is 29.5 Å². The largest absolute Gasteiger partial charge is 0.494 e. The Morgan fingerprint density at radius 1 is 1.14 bits per heavy atom. The third-order valence-corrected chi connectivity index (χ3v) is 5.09. The molecule has 2 fully saturated rings. The van der Waals surface area contributed by atoms with Crippen LogP contribution in [-0.4, -0.2) is 24.0 Å². The highest BCUT2D eigenvalue weighted by Crippen LogP contribution is 2.35. The molecule has 1 atom stereocenters. The first-order valence-electron chi connectivity index (χ1n) is 8.80. The molecular weight excluding hydrogens is 274 g/mol. The maximum atomic E-state index is 12.7. The number of hydrogen-bond donors (Lipinski definition) is 0. The quantitative estimate of drug-likeness (QED) is 0.810. The molecule has 1 aliphatic heterocycles. The van der Waals surface area contributed by atoms with Gasteiger partial charge in [-0.1, -0.05) is 25.0 Å². The fourth-order valence-electron chi connectivity index (χ4n) is 3.94. The van der Waals surface area contributed by atoms with Crippen LogP contribution >= 0.6 is 0 Å². The number of likely N-dealkylation sites (tertiary alicyclic amines) is 1. The summed E-state index contributed by atoms with van der Waals surface area (Å²) in [6, 6.07) is 8.56. The normalized spacial score (nSPS) is 22.2. The number of nitrogens with zero attached hydrogens (tertiary/aromatic N) is 1. The summed E-state index contributed by atoms with van der Waals surface area (Å²) in [6.45, 7) is 3.60. The van der Waals surface area contributed by atoms with Crippen LogP contribution in [0.2, 0.25) is 0 Å². The number of rotatable bonds is 5. The van der Waals surface area contributed by atoms with Gasteiger partial charge in [0.2, 0.25) is 5.91 Å². The van der Waals surface area contributed by atoms with Gasteiger partial charge in [0.05, 0.1) is 12.6 Å². The Hall–Kier alpha value is -1.51. The number of benzene rings is 1. The van der Waals surface area contributed by atoms with Crippen molar-refractivity contribution in [3.05, 3.63) is 29.8 Å². The van der Waals surface area contributed by atoms with Crippen LogP contribution in [0.15, 0.2) is 24.3 Å². The lowest BCUT2D eigenvalue weighted by molar-refractivity contribution is -0.133.